The molecule has 0 aliphatic heterocycles. The Labute approximate surface area is 98.7 Å². The van der Waals surface area contributed by atoms with Crippen LogP contribution in [0.3, 0.4) is 0 Å². The van der Waals surface area contributed by atoms with Gasteiger partial charge in [0.05, 0.1) is 5.52 Å². The number of fused-ring (bicyclic) bond motifs is 1. The topological polar surface area (TPSA) is 56.7 Å². The number of nitrogens with zero attached hydrogens (tertiary/aromatic N) is 3. The zero-order valence-corrected chi connectivity index (χ0v) is 9.24. The molecule has 0 unspecified atom stereocenters. The van der Waals surface area contributed by atoms with Gasteiger partial charge in [-0.25, -0.2) is 9.97 Å². The molecule has 0 aliphatic rings. The molecule has 2 aromatic heterocycles. The maximum Gasteiger partial charge on any atom is 0.138 e. The molecule has 0 fully saturated rings. The SMILES string of the molecule is NCc1cc(-n2ccnc2)nc2ccccc12. The first-order valence-electron chi connectivity index (χ1n) is 5.45. The second-order valence-electron chi connectivity index (χ2n) is 3.83. The van der Waals surface area contributed by atoms with E-state index in [1.807, 2.05) is 41.1 Å². The first-order valence-corrected chi connectivity index (χ1v) is 5.45. The zero-order valence-electron chi connectivity index (χ0n) is 9.24. The Kier molecular flexibility index (Phi) is 2.34. The second-order valence-corrected chi connectivity index (χ2v) is 3.83. The summed E-state index contributed by atoms with van der Waals surface area (Å²) in [6.45, 7) is 0.505. The molecule has 4 heteroatoms. The lowest BCUT2D eigenvalue weighted by Crippen LogP contribution is -2.02. The minimum atomic E-state index is 0.505. The van der Waals surface area contributed by atoms with E-state index in [-0.39, 0.29) is 0 Å². The molecule has 4 nitrogen and oxygen atoms in total. The van der Waals surface area contributed by atoms with Crippen LogP contribution in [0.5, 0.6) is 0 Å². The Morgan fingerprint density at radius 3 is 2.88 bits per heavy atom. The van der Waals surface area contributed by atoms with E-state index < -0.39 is 0 Å². The number of para-hydroxylation sites is 1. The minimum Gasteiger partial charge on any atom is -0.326 e. The van der Waals surface area contributed by atoms with Crippen LogP contribution in [-0.2, 0) is 6.54 Å². The summed E-state index contributed by atoms with van der Waals surface area (Å²) in [5, 5.41) is 1.11. The summed E-state index contributed by atoms with van der Waals surface area (Å²) < 4.78 is 1.88. The fraction of sp³-hybridized carbons (Fsp3) is 0.0769. The van der Waals surface area contributed by atoms with E-state index in [9.17, 15) is 0 Å². The Hall–Kier alpha value is -2.20. The van der Waals surface area contributed by atoms with Crippen molar-refractivity contribution >= 4 is 10.9 Å². The number of rotatable bonds is 2. The van der Waals surface area contributed by atoms with Crippen molar-refractivity contribution in [2.45, 2.75) is 6.54 Å². The highest BCUT2D eigenvalue weighted by atomic mass is 15.1. The maximum absolute atomic E-state index is 5.79. The molecule has 0 aliphatic carbocycles. The van der Waals surface area contributed by atoms with Gasteiger partial charge >= 0.3 is 0 Å². The van der Waals surface area contributed by atoms with E-state index in [4.69, 9.17) is 5.73 Å². The standard InChI is InChI=1S/C13H12N4/c14-8-10-7-13(17-6-5-15-9-17)16-12-4-2-1-3-11(10)12/h1-7,9H,8,14H2. The molecule has 1 aromatic carbocycles. The molecule has 2 heterocycles. The van der Waals surface area contributed by atoms with Gasteiger partial charge in [-0.05, 0) is 17.7 Å². The summed E-state index contributed by atoms with van der Waals surface area (Å²) in [5.41, 5.74) is 7.84. The van der Waals surface area contributed by atoms with Crippen molar-refractivity contribution in [2.75, 3.05) is 0 Å². The van der Waals surface area contributed by atoms with E-state index in [1.54, 1.807) is 12.5 Å². The Morgan fingerprint density at radius 1 is 1.24 bits per heavy atom. The van der Waals surface area contributed by atoms with Gasteiger partial charge in [0.15, 0.2) is 0 Å². The monoisotopic (exact) mass is 224 g/mol. The molecule has 0 radical (unpaired) electrons. The lowest BCUT2D eigenvalue weighted by Gasteiger charge is -2.08. The molecule has 0 amide bonds. The molecule has 0 saturated heterocycles. The van der Waals surface area contributed by atoms with Crippen LogP contribution < -0.4 is 5.73 Å². The van der Waals surface area contributed by atoms with E-state index in [2.05, 4.69) is 9.97 Å². The Bertz CT molecular complexity index is 644. The van der Waals surface area contributed by atoms with Crippen molar-refractivity contribution < 1.29 is 0 Å². The number of hydrogen-bond donors (Lipinski definition) is 1. The van der Waals surface area contributed by atoms with Gasteiger partial charge in [0.1, 0.15) is 12.1 Å². The van der Waals surface area contributed by atoms with E-state index in [0.717, 1.165) is 22.3 Å². The van der Waals surface area contributed by atoms with E-state index >= 15 is 0 Å². The summed E-state index contributed by atoms with van der Waals surface area (Å²) in [5.74, 6) is 0.849. The van der Waals surface area contributed by atoms with Gasteiger partial charge in [-0.2, -0.15) is 0 Å². The number of nitrogens with two attached hydrogens (primary N) is 1. The molecular weight excluding hydrogens is 212 g/mol. The van der Waals surface area contributed by atoms with Crippen LogP contribution in [0.15, 0.2) is 49.1 Å². The number of hydrogen-bond acceptors (Lipinski definition) is 3. The predicted molar refractivity (Wildman–Crippen MR) is 66.8 cm³/mol. The van der Waals surface area contributed by atoms with Gasteiger partial charge in [0.2, 0.25) is 0 Å². The van der Waals surface area contributed by atoms with Crippen molar-refractivity contribution in [3.05, 3.63) is 54.6 Å². The van der Waals surface area contributed by atoms with Crippen molar-refractivity contribution in [3.8, 4) is 5.82 Å². The lowest BCUT2D eigenvalue weighted by atomic mass is 10.1. The van der Waals surface area contributed by atoms with Crippen molar-refractivity contribution in [1.29, 1.82) is 0 Å². The molecule has 2 N–H and O–H groups in total. The van der Waals surface area contributed by atoms with Crippen LogP contribution in [0.1, 0.15) is 5.56 Å². The van der Waals surface area contributed by atoms with Gasteiger partial charge in [0.25, 0.3) is 0 Å². The van der Waals surface area contributed by atoms with Crippen molar-refractivity contribution in [3.63, 3.8) is 0 Å². The van der Waals surface area contributed by atoms with E-state index in [0.29, 0.717) is 6.54 Å². The zero-order chi connectivity index (χ0) is 11.7. The molecular formula is C13H12N4. The minimum absolute atomic E-state index is 0.505. The summed E-state index contributed by atoms with van der Waals surface area (Å²) >= 11 is 0. The Balaban J connectivity index is 2.28. The first kappa shape index (κ1) is 9.99. The van der Waals surface area contributed by atoms with Crippen LogP contribution in [0, 0.1) is 0 Å². The largest absolute Gasteiger partial charge is 0.326 e. The number of benzene rings is 1. The fourth-order valence-corrected chi connectivity index (χ4v) is 1.93. The number of pyridine rings is 1. The normalized spacial score (nSPS) is 10.9. The molecule has 0 spiro atoms. The van der Waals surface area contributed by atoms with Gasteiger partial charge in [-0.1, -0.05) is 18.2 Å². The van der Waals surface area contributed by atoms with Crippen molar-refractivity contribution in [1.82, 2.24) is 14.5 Å². The third-order valence-electron chi connectivity index (χ3n) is 2.78. The van der Waals surface area contributed by atoms with Crippen LogP contribution in [0.4, 0.5) is 0 Å². The summed E-state index contributed by atoms with van der Waals surface area (Å²) in [6.07, 6.45) is 5.34. The molecule has 3 aromatic rings. The molecule has 0 atom stereocenters. The summed E-state index contributed by atoms with van der Waals surface area (Å²) in [4.78, 5) is 8.62. The number of aromatic nitrogens is 3. The quantitative estimate of drug-likeness (QED) is 0.723. The summed E-state index contributed by atoms with van der Waals surface area (Å²) in [7, 11) is 0. The molecule has 0 saturated carbocycles. The lowest BCUT2D eigenvalue weighted by molar-refractivity contribution is 0.987. The number of imidazole rings is 1. The van der Waals surface area contributed by atoms with Crippen LogP contribution >= 0.6 is 0 Å². The smallest absolute Gasteiger partial charge is 0.138 e. The van der Waals surface area contributed by atoms with Crippen LogP contribution in [-0.4, -0.2) is 14.5 Å². The van der Waals surface area contributed by atoms with Gasteiger partial charge in [0, 0.05) is 24.3 Å². The molecule has 0 bridgehead atoms. The van der Waals surface area contributed by atoms with Crippen LogP contribution in [0.25, 0.3) is 16.7 Å². The van der Waals surface area contributed by atoms with E-state index in [1.165, 1.54) is 0 Å². The summed E-state index contributed by atoms with van der Waals surface area (Å²) in [6, 6.07) is 10.0. The average molecular weight is 224 g/mol. The molecule has 3 rings (SSSR count). The van der Waals surface area contributed by atoms with Gasteiger partial charge in [-0.15, -0.1) is 0 Å². The van der Waals surface area contributed by atoms with Crippen molar-refractivity contribution in [2.24, 2.45) is 5.73 Å². The predicted octanol–water partition coefficient (Wildman–Crippen LogP) is 1.88. The second kappa shape index (κ2) is 3.99. The van der Waals surface area contributed by atoms with Gasteiger partial charge in [-0.3, -0.25) is 4.57 Å². The first-order chi connectivity index (χ1) is 8.38. The highest BCUT2D eigenvalue weighted by Gasteiger charge is 2.05. The molecule has 84 valence electrons. The van der Waals surface area contributed by atoms with Gasteiger partial charge < -0.3 is 5.73 Å². The third kappa shape index (κ3) is 1.68. The highest BCUT2D eigenvalue weighted by Crippen LogP contribution is 2.19. The maximum atomic E-state index is 5.79. The Morgan fingerprint density at radius 2 is 2.12 bits per heavy atom. The fourth-order valence-electron chi connectivity index (χ4n) is 1.93. The van der Waals surface area contributed by atoms with Crippen LogP contribution in [0.2, 0.25) is 0 Å². The average Bonchev–Trinajstić information content (AvgIpc) is 2.91. The third-order valence-corrected chi connectivity index (χ3v) is 2.78. The highest BCUT2D eigenvalue weighted by molar-refractivity contribution is 5.83. The molecule has 17 heavy (non-hydrogen) atoms.